The predicted octanol–water partition coefficient (Wildman–Crippen LogP) is 3.86. The van der Waals surface area contributed by atoms with Crippen molar-refractivity contribution in [1.82, 2.24) is 20.4 Å². The van der Waals surface area contributed by atoms with Gasteiger partial charge >= 0.3 is 0 Å². The van der Waals surface area contributed by atoms with Crippen molar-refractivity contribution in [2.24, 2.45) is 5.41 Å². The third-order valence-electron chi connectivity index (χ3n) is 7.36. The van der Waals surface area contributed by atoms with E-state index in [0.717, 1.165) is 23.9 Å². The Morgan fingerprint density at radius 2 is 1.80 bits per heavy atom. The van der Waals surface area contributed by atoms with Crippen molar-refractivity contribution in [3.63, 3.8) is 0 Å². The molecule has 2 N–H and O–H groups in total. The number of aromatic nitrogens is 2. The molecule has 9 nitrogen and oxygen atoms in total. The molecule has 3 aromatic rings. The van der Waals surface area contributed by atoms with Crippen LogP contribution >= 0.6 is 0 Å². The Morgan fingerprint density at radius 3 is 2.54 bits per heavy atom. The van der Waals surface area contributed by atoms with Crippen LogP contribution in [0.5, 0.6) is 0 Å². The zero-order chi connectivity index (χ0) is 29.6. The van der Waals surface area contributed by atoms with Crippen molar-refractivity contribution < 1.29 is 27.1 Å². The largest absolute Gasteiger partial charge is 0.381 e. The predicted molar refractivity (Wildman–Crippen MR) is 156 cm³/mol. The van der Waals surface area contributed by atoms with Crippen LogP contribution in [0, 0.1) is 11.2 Å². The molecule has 0 radical (unpaired) electrons. The lowest BCUT2D eigenvalue weighted by molar-refractivity contribution is -0.125. The van der Waals surface area contributed by atoms with Gasteiger partial charge in [0.05, 0.1) is 23.1 Å². The number of fused-ring (bicyclic) bond motifs is 1. The molecule has 41 heavy (non-hydrogen) atoms. The number of para-hydroxylation sites is 1. The molecule has 0 saturated carbocycles. The molecular weight excluding hydrogens is 547 g/mol. The van der Waals surface area contributed by atoms with Gasteiger partial charge in [-0.2, -0.15) is 5.10 Å². The average molecular weight is 587 g/mol. The SMILES string of the molecule is CC(C)(C)C(NC(=O)c1nn(Cc2ccc(F)cc2)c2ccccc12)C(=O)NCCS(=O)(=O)C1CCCCOCC1. The summed E-state index contributed by atoms with van der Waals surface area (Å²) in [7, 11) is -3.41. The molecule has 1 aliphatic heterocycles. The first-order valence-electron chi connectivity index (χ1n) is 14.0. The van der Waals surface area contributed by atoms with E-state index < -0.39 is 38.4 Å². The number of amides is 2. The number of sulfone groups is 1. The Hall–Kier alpha value is -3.31. The third-order valence-corrected chi connectivity index (χ3v) is 9.63. The molecule has 0 bridgehead atoms. The maximum absolute atomic E-state index is 13.5. The minimum Gasteiger partial charge on any atom is -0.381 e. The van der Waals surface area contributed by atoms with Gasteiger partial charge in [-0.15, -0.1) is 0 Å². The highest BCUT2D eigenvalue weighted by Crippen LogP contribution is 2.23. The van der Waals surface area contributed by atoms with E-state index >= 15 is 0 Å². The van der Waals surface area contributed by atoms with Gasteiger partial charge in [0.25, 0.3) is 5.91 Å². The Kier molecular flexibility index (Phi) is 9.80. The summed E-state index contributed by atoms with van der Waals surface area (Å²) in [6.45, 7) is 6.85. The molecule has 0 aliphatic carbocycles. The van der Waals surface area contributed by atoms with Crippen LogP contribution in [0.3, 0.4) is 0 Å². The number of carbonyl (C=O) groups is 2. The fourth-order valence-electron chi connectivity index (χ4n) is 5.03. The molecule has 11 heteroatoms. The summed E-state index contributed by atoms with van der Waals surface area (Å²) in [6, 6.07) is 12.4. The average Bonchev–Trinajstić information content (AvgIpc) is 3.25. The van der Waals surface area contributed by atoms with E-state index in [1.165, 1.54) is 12.1 Å². The van der Waals surface area contributed by atoms with Crippen molar-refractivity contribution in [2.45, 2.75) is 64.3 Å². The smallest absolute Gasteiger partial charge is 0.273 e. The minimum absolute atomic E-state index is 0.0454. The minimum atomic E-state index is -3.41. The highest BCUT2D eigenvalue weighted by molar-refractivity contribution is 7.92. The van der Waals surface area contributed by atoms with Crippen molar-refractivity contribution >= 4 is 32.6 Å². The highest BCUT2D eigenvalue weighted by Gasteiger charge is 2.34. The summed E-state index contributed by atoms with van der Waals surface area (Å²) < 4.78 is 46.4. The van der Waals surface area contributed by atoms with Crippen LogP contribution in [-0.2, 0) is 25.9 Å². The highest BCUT2D eigenvalue weighted by atomic mass is 32.2. The van der Waals surface area contributed by atoms with E-state index in [1.807, 2.05) is 32.9 Å². The Labute approximate surface area is 240 Å². The second kappa shape index (κ2) is 13.1. The number of hydrogen-bond donors (Lipinski definition) is 2. The number of ether oxygens (including phenoxy) is 1. The fourth-order valence-corrected chi connectivity index (χ4v) is 6.74. The van der Waals surface area contributed by atoms with Crippen LogP contribution in [-0.4, -0.2) is 66.8 Å². The molecule has 0 spiro atoms. The van der Waals surface area contributed by atoms with Crippen LogP contribution in [0.4, 0.5) is 4.39 Å². The first-order chi connectivity index (χ1) is 19.5. The molecule has 4 rings (SSSR count). The maximum atomic E-state index is 13.5. The van der Waals surface area contributed by atoms with Gasteiger partial charge in [0.2, 0.25) is 5.91 Å². The van der Waals surface area contributed by atoms with Gasteiger partial charge in [-0.25, -0.2) is 12.8 Å². The van der Waals surface area contributed by atoms with E-state index in [1.54, 1.807) is 28.9 Å². The van der Waals surface area contributed by atoms with Crippen LogP contribution < -0.4 is 10.6 Å². The van der Waals surface area contributed by atoms with E-state index in [2.05, 4.69) is 15.7 Å². The Balaban J connectivity index is 1.45. The van der Waals surface area contributed by atoms with Gasteiger partial charge in [-0.1, -0.05) is 51.1 Å². The standard InChI is InChI=1S/C30H39FN4O5S/c1-30(2,3)27(29(37)32-16-19-41(38,39)23-8-6-7-17-40-18-15-23)33-28(36)26-24-9-4-5-10-25(24)35(34-26)20-21-11-13-22(31)14-12-21/h4-5,9-14,23,27H,6-8,15-20H2,1-3H3,(H,32,37)(H,33,36). The summed E-state index contributed by atoms with van der Waals surface area (Å²) in [5.74, 6) is -1.49. The Morgan fingerprint density at radius 1 is 1.07 bits per heavy atom. The monoisotopic (exact) mass is 586 g/mol. The van der Waals surface area contributed by atoms with Gasteiger partial charge in [0.1, 0.15) is 11.9 Å². The van der Waals surface area contributed by atoms with Crippen LogP contribution in [0.25, 0.3) is 10.9 Å². The first-order valence-corrected chi connectivity index (χ1v) is 15.7. The van der Waals surface area contributed by atoms with Crippen molar-refractivity contribution in [1.29, 1.82) is 0 Å². The van der Waals surface area contributed by atoms with Gasteiger partial charge in [0, 0.05) is 25.1 Å². The van der Waals surface area contributed by atoms with E-state index in [-0.39, 0.29) is 23.8 Å². The fraction of sp³-hybridized carbons (Fsp3) is 0.500. The van der Waals surface area contributed by atoms with Crippen molar-refractivity contribution in [3.05, 3.63) is 65.6 Å². The lowest BCUT2D eigenvalue weighted by atomic mass is 9.86. The maximum Gasteiger partial charge on any atom is 0.273 e. The molecule has 2 atom stereocenters. The molecule has 1 fully saturated rings. The van der Waals surface area contributed by atoms with E-state index in [4.69, 9.17) is 4.74 Å². The summed E-state index contributed by atoms with van der Waals surface area (Å²) in [5, 5.41) is 10.3. The number of hydrogen-bond acceptors (Lipinski definition) is 6. The van der Waals surface area contributed by atoms with Gasteiger partial charge < -0.3 is 15.4 Å². The molecule has 1 saturated heterocycles. The lowest BCUT2D eigenvalue weighted by Crippen LogP contribution is -2.54. The van der Waals surface area contributed by atoms with Gasteiger partial charge in [0.15, 0.2) is 15.5 Å². The molecule has 2 unspecified atom stereocenters. The van der Waals surface area contributed by atoms with Crippen molar-refractivity contribution in [2.75, 3.05) is 25.5 Å². The van der Waals surface area contributed by atoms with Gasteiger partial charge in [-0.05, 0) is 54.9 Å². The molecular formula is C30H39FN4O5S. The molecule has 2 aromatic carbocycles. The zero-order valence-electron chi connectivity index (χ0n) is 23.9. The van der Waals surface area contributed by atoms with Crippen molar-refractivity contribution in [3.8, 4) is 0 Å². The number of carbonyl (C=O) groups excluding carboxylic acids is 2. The van der Waals surface area contributed by atoms with E-state index in [0.29, 0.717) is 38.0 Å². The lowest BCUT2D eigenvalue weighted by Gasteiger charge is -2.30. The quantitative estimate of drug-likeness (QED) is 0.393. The molecule has 1 aliphatic rings. The van der Waals surface area contributed by atoms with Crippen LogP contribution in [0.2, 0.25) is 0 Å². The number of nitrogens with zero attached hydrogens (tertiary/aromatic N) is 2. The zero-order valence-corrected chi connectivity index (χ0v) is 24.7. The normalized spacial score (nSPS) is 17.4. The van der Waals surface area contributed by atoms with Crippen LogP contribution in [0.1, 0.15) is 62.5 Å². The third kappa shape index (κ3) is 7.91. The summed E-state index contributed by atoms with van der Waals surface area (Å²) in [5.41, 5.74) is 1.05. The second-order valence-corrected chi connectivity index (χ2v) is 14.0. The number of benzene rings is 2. The number of halogens is 1. The molecule has 222 valence electrons. The molecule has 2 heterocycles. The summed E-state index contributed by atoms with van der Waals surface area (Å²) in [4.78, 5) is 26.8. The number of rotatable bonds is 9. The Bertz CT molecular complexity index is 1460. The number of nitrogens with one attached hydrogen (secondary N) is 2. The van der Waals surface area contributed by atoms with Crippen LogP contribution in [0.15, 0.2) is 48.5 Å². The topological polar surface area (TPSA) is 119 Å². The summed E-state index contributed by atoms with van der Waals surface area (Å²) >= 11 is 0. The molecule has 1 aromatic heterocycles. The summed E-state index contributed by atoms with van der Waals surface area (Å²) in [6.07, 6.45) is 2.69. The molecule has 2 amide bonds. The van der Waals surface area contributed by atoms with E-state index in [9.17, 15) is 22.4 Å². The van der Waals surface area contributed by atoms with Gasteiger partial charge in [-0.3, -0.25) is 14.3 Å². The second-order valence-electron chi connectivity index (χ2n) is 11.6. The first kappa shape index (κ1) is 30.6.